The van der Waals surface area contributed by atoms with Gasteiger partial charge in [0.15, 0.2) is 5.67 Å². The maximum Gasteiger partial charge on any atom is 0.255 e. The van der Waals surface area contributed by atoms with Gasteiger partial charge in [-0.3, -0.25) is 14.4 Å². The monoisotopic (exact) mass is 523 g/mol. The Morgan fingerprint density at radius 1 is 1.11 bits per heavy atom. The minimum Gasteiger partial charge on any atom is -0.367 e. The number of piperidine rings is 1. The zero-order chi connectivity index (χ0) is 27.3. The van der Waals surface area contributed by atoms with Crippen LogP contribution in [0, 0.1) is 17.1 Å². The molecule has 8 nitrogen and oxygen atoms in total. The molecule has 10 heteroatoms. The lowest BCUT2D eigenvalue weighted by Crippen LogP contribution is -2.55. The van der Waals surface area contributed by atoms with Crippen LogP contribution in [0.15, 0.2) is 48.5 Å². The molecule has 0 aromatic heterocycles. The van der Waals surface area contributed by atoms with Gasteiger partial charge in [-0.2, -0.15) is 5.26 Å². The number of primary amides is 1. The summed E-state index contributed by atoms with van der Waals surface area (Å²) in [6.45, 7) is 0.677. The number of carbonyl (C=O) groups excluding carboxylic acids is 3. The molecule has 4 rings (SSSR count). The molecule has 1 saturated carbocycles. The summed E-state index contributed by atoms with van der Waals surface area (Å²) < 4.78 is 27.8. The van der Waals surface area contributed by atoms with E-state index in [1.54, 1.807) is 12.1 Å². The van der Waals surface area contributed by atoms with E-state index in [0.717, 1.165) is 12.0 Å². The number of amides is 3. The zero-order valence-corrected chi connectivity index (χ0v) is 21.0. The molecule has 0 spiro atoms. The molecule has 2 fully saturated rings. The first-order chi connectivity index (χ1) is 18.2. The first kappa shape index (κ1) is 27.2. The Morgan fingerprint density at radius 2 is 1.76 bits per heavy atom. The average Bonchev–Trinajstić information content (AvgIpc) is 3.70. The molecule has 1 aliphatic carbocycles. The lowest BCUT2D eigenvalue weighted by molar-refractivity contribution is -0.141. The lowest BCUT2D eigenvalue weighted by atomic mass is 9.92. The van der Waals surface area contributed by atoms with Crippen molar-refractivity contribution in [3.63, 3.8) is 0 Å². The van der Waals surface area contributed by atoms with Gasteiger partial charge in [-0.1, -0.05) is 12.1 Å². The van der Waals surface area contributed by atoms with Gasteiger partial charge in [-0.15, -0.1) is 0 Å². The van der Waals surface area contributed by atoms with Gasteiger partial charge in [-0.05, 0) is 67.8 Å². The summed E-state index contributed by atoms with van der Waals surface area (Å²) in [5, 5.41) is 15.2. The number of carbonyl (C=O) groups is 3. The molecule has 3 amide bonds. The summed E-state index contributed by atoms with van der Waals surface area (Å²) >= 11 is 0. The van der Waals surface area contributed by atoms with Gasteiger partial charge in [0.2, 0.25) is 5.91 Å². The van der Waals surface area contributed by atoms with Crippen molar-refractivity contribution in [3.05, 3.63) is 71.0 Å². The van der Waals surface area contributed by atoms with Gasteiger partial charge in [0.05, 0.1) is 11.6 Å². The Morgan fingerprint density at radius 3 is 2.37 bits per heavy atom. The predicted molar refractivity (Wildman–Crippen MR) is 136 cm³/mol. The van der Waals surface area contributed by atoms with E-state index < -0.39 is 23.5 Å². The minimum atomic E-state index is -2.13. The van der Waals surface area contributed by atoms with Crippen molar-refractivity contribution < 1.29 is 23.2 Å². The number of benzene rings is 2. The highest BCUT2D eigenvalue weighted by Crippen LogP contribution is 2.40. The van der Waals surface area contributed by atoms with Crippen LogP contribution in [0.5, 0.6) is 0 Å². The third kappa shape index (κ3) is 6.53. The fourth-order valence-corrected chi connectivity index (χ4v) is 4.84. The van der Waals surface area contributed by atoms with E-state index in [-0.39, 0.29) is 43.7 Å². The number of halogens is 2. The number of likely N-dealkylation sites (tertiary alicyclic amines) is 1. The SMILES string of the molecule is N#Cc1ccc(C(=O)N[C@@H](CCCN[C@@H]2C[C@H]2c2ccc(F)cc2)C(=O)N2CCC(F)(C(N)=O)CC2)cc1. The minimum absolute atomic E-state index is 0.0290. The second-order valence-corrected chi connectivity index (χ2v) is 9.97. The van der Waals surface area contributed by atoms with Gasteiger partial charge in [0.1, 0.15) is 11.9 Å². The number of nitrogens with zero attached hydrogens (tertiary/aromatic N) is 2. The number of nitrogens with two attached hydrogens (primary N) is 1. The second-order valence-electron chi connectivity index (χ2n) is 9.97. The molecule has 200 valence electrons. The molecule has 4 N–H and O–H groups in total. The van der Waals surface area contributed by atoms with E-state index in [2.05, 4.69) is 10.6 Å². The topological polar surface area (TPSA) is 128 Å². The molecule has 2 aromatic rings. The number of alkyl halides is 1. The molecular formula is C28H31F2N5O3. The van der Waals surface area contributed by atoms with Crippen LogP contribution in [0.2, 0.25) is 0 Å². The van der Waals surface area contributed by atoms with Crippen molar-refractivity contribution >= 4 is 17.7 Å². The van der Waals surface area contributed by atoms with E-state index in [9.17, 15) is 23.2 Å². The quantitative estimate of drug-likeness (QED) is 0.413. The largest absolute Gasteiger partial charge is 0.367 e. The van der Waals surface area contributed by atoms with Crippen LogP contribution in [-0.4, -0.2) is 60.0 Å². The summed E-state index contributed by atoms with van der Waals surface area (Å²) in [6.07, 6.45) is 1.53. The number of rotatable bonds is 10. The predicted octanol–water partition coefficient (Wildman–Crippen LogP) is 2.54. The number of nitriles is 1. The van der Waals surface area contributed by atoms with Crippen LogP contribution in [-0.2, 0) is 9.59 Å². The van der Waals surface area contributed by atoms with Crippen molar-refractivity contribution in [2.24, 2.45) is 5.73 Å². The van der Waals surface area contributed by atoms with Crippen LogP contribution in [0.4, 0.5) is 8.78 Å². The van der Waals surface area contributed by atoms with Gasteiger partial charge in [-0.25, -0.2) is 8.78 Å². The van der Waals surface area contributed by atoms with Crippen LogP contribution >= 0.6 is 0 Å². The second kappa shape index (κ2) is 11.7. The summed E-state index contributed by atoms with van der Waals surface area (Å²) in [5.74, 6) is -1.76. The molecule has 38 heavy (non-hydrogen) atoms. The Hall–Kier alpha value is -3.84. The molecule has 2 aliphatic rings. The molecule has 0 radical (unpaired) electrons. The van der Waals surface area contributed by atoms with Crippen molar-refractivity contribution in [1.82, 2.24) is 15.5 Å². The average molecular weight is 524 g/mol. The Balaban J connectivity index is 1.34. The Labute approximate surface area is 220 Å². The molecule has 1 heterocycles. The van der Waals surface area contributed by atoms with Crippen molar-refractivity contribution in [1.29, 1.82) is 5.26 Å². The van der Waals surface area contributed by atoms with Gasteiger partial charge < -0.3 is 21.3 Å². The van der Waals surface area contributed by atoms with Gasteiger partial charge in [0, 0.05) is 43.5 Å². The lowest BCUT2D eigenvalue weighted by Gasteiger charge is -2.36. The standard InChI is InChI=1S/C28H31F2N5O3/c29-21-9-7-19(8-10-21)22-16-24(22)33-13-1-2-23(34-25(36)20-5-3-18(17-31)4-6-20)26(37)35-14-11-28(30,12-15-35)27(32)38/h3-10,22-24,33H,1-2,11-16H2,(H2,32,38)(H,34,36)/t22-,23-,24+/m0/s1. The normalized spacial score (nSPS) is 20.7. The zero-order valence-electron chi connectivity index (χ0n) is 21.0. The Kier molecular flexibility index (Phi) is 8.37. The van der Waals surface area contributed by atoms with E-state index >= 15 is 0 Å². The molecule has 0 unspecified atom stereocenters. The van der Waals surface area contributed by atoms with Gasteiger partial charge >= 0.3 is 0 Å². The highest BCUT2D eigenvalue weighted by molar-refractivity contribution is 5.97. The first-order valence-corrected chi connectivity index (χ1v) is 12.8. The van der Waals surface area contributed by atoms with Crippen molar-refractivity contribution in [3.8, 4) is 6.07 Å². The molecule has 1 aliphatic heterocycles. The number of hydrogen-bond acceptors (Lipinski definition) is 5. The molecule has 1 saturated heterocycles. The van der Waals surface area contributed by atoms with Gasteiger partial charge in [0.25, 0.3) is 11.8 Å². The fraction of sp³-hybridized carbons (Fsp3) is 0.429. The fourth-order valence-electron chi connectivity index (χ4n) is 4.84. The van der Waals surface area contributed by atoms with Crippen LogP contribution in [0.3, 0.4) is 0 Å². The van der Waals surface area contributed by atoms with Crippen molar-refractivity contribution in [2.75, 3.05) is 19.6 Å². The highest BCUT2D eigenvalue weighted by Gasteiger charge is 2.42. The summed E-state index contributed by atoms with van der Waals surface area (Å²) in [7, 11) is 0. The summed E-state index contributed by atoms with van der Waals surface area (Å²) in [5.41, 5.74) is 4.86. The number of hydrogen-bond donors (Lipinski definition) is 3. The highest BCUT2D eigenvalue weighted by atomic mass is 19.1. The smallest absolute Gasteiger partial charge is 0.255 e. The van der Waals surface area contributed by atoms with Crippen LogP contribution < -0.4 is 16.4 Å². The molecular weight excluding hydrogens is 492 g/mol. The van der Waals surface area contributed by atoms with E-state index in [1.165, 1.54) is 41.3 Å². The van der Waals surface area contributed by atoms with E-state index in [1.807, 2.05) is 6.07 Å². The van der Waals surface area contributed by atoms with E-state index in [4.69, 9.17) is 11.0 Å². The molecule has 0 bridgehead atoms. The maximum absolute atomic E-state index is 14.6. The third-order valence-corrected chi connectivity index (χ3v) is 7.35. The van der Waals surface area contributed by atoms with E-state index in [0.29, 0.717) is 36.4 Å². The summed E-state index contributed by atoms with van der Waals surface area (Å²) in [6, 6.07) is 14.0. The molecule has 3 atom stereocenters. The first-order valence-electron chi connectivity index (χ1n) is 12.8. The molecule has 2 aromatic carbocycles. The summed E-state index contributed by atoms with van der Waals surface area (Å²) in [4.78, 5) is 39.1. The van der Waals surface area contributed by atoms with Crippen LogP contribution in [0.25, 0.3) is 0 Å². The number of nitrogens with one attached hydrogen (secondary N) is 2. The third-order valence-electron chi connectivity index (χ3n) is 7.35. The van der Waals surface area contributed by atoms with Crippen LogP contribution in [0.1, 0.15) is 59.5 Å². The van der Waals surface area contributed by atoms with Crippen molar-refractivity contribution in [2.45, 2.75) is 55.8 Å². The Bertz CT molecular complexity index is 1200. The maximum atomic E-state index is 14.6.